The van der Waals surface area contributed by atoms with E-state index in [1.165, 1.54) is 30.5 Å². The lowest BCUT2D eigenvalue weighted by atomic mass is 10.1. The van der Waals surface area contributed by atoms with Crippen LogP contribution in [0.1, 0.15) is 16.7 Å². The third-order valence-electron chi connectivity index (χ3n) is 6.02. The molecule has 4 aromatic carbocycles. The molecule has 206 valence electrons. The molecule has 0 aliphatic heterocycles. The highest BCUT2D eigenvalue weighted by molar-refractivity contribution is 9.10. The Morgan fingerprint density at radius 3 is 2.46 bits per heavy atom. The fourth-order valence-corrected chi connectivity index (χ4v) is 4.48. The second-order valence-corrected chi connectivity index (χ2v) is 9.65. The summed E-state index contributed by atoms with van der Waals surface area (Å²) in [7, 11) is 0. The minimum Gasteiger partial charge on any atom is -0.488 e. The number of fused-ring (bicyclic) bond motifs is 1. The Morgan fingerprint density at radius 2 is 1.76 bits per heavy atom. The minimum atomic E-state index is -4.57. The van der Waals surface area contributed by atoms with Crippen molar-refractivity contribution in [2.75, 3.05) is 0 Å². The molecule has 41 heavy (non-hydrogen) atoms. The zero-order valence-corrected chi connectivity index (χ0v) is 22.5. The maximum absolute atomic E-state index is 13.4. The van der Waals surface area contributed by atoms with Crippen LogP contribution in [0.3, 0.4) is 0 Å². The highest BCUT2D eigenvalue weighted by Gasteiger charge is 2.31. The van der Waals surface area contributed by atoms with Crippen LogP contribution in [0.15, 0.2) is 105 Å². The Kier molecular flexibility index (Phi) is 7.66. The summed E-state index contributed by atoms with van der Waals surface area (Å²) in [6.07, 6.45) is -3.18. The van der Waals surface area contributed by atoms with Gasteiger partial charge in [0, 0.05) is 17.7 Å². The zero-order chi connectivity index (χ0) is 29.1. The lowest BCUT2D eigenvalue weighted by Crippen LogP contribution is -2.20. The van der Waals surface area contributed by atoms with Gasteiger partial charge in [-0.1, -0.05) is 24.3 Å². The second-order valence-electron chi connectivity index (χ2n) is 8.79. The molecule has 0 aliphatic rings. The maximum Gasteiger partial charge on any atom is 0.416 e. The van der Waals surface area contributed by atoms with Gasteiger partial charge in [0.15, 0.2) is 5.82 Å². The number of ether oxygens (including phenoxy) is 1. The predicted octanol–water partition coefficient (Wildman–Crippen LogP) is 7.21. The van der Waals surface area contributed by atoms with Crippen molar-refractivity contribution in [3.8, 4) is 17.1 Å². The average molecular weight is 623 g/mol. The number of halogens is 4. The normalized spacial score (nSPS) is 11.7. The van der Waals surface area contributed by atoms with Crippen molar-refractivity contribution in [1.82, 2.24) is 9.66 Å². The Hall–Kier alpha value is -4.84. The molecular formula is C29H18BrF3N4O4. The van der Waals surface area contributed by atoms with Gasteiger partial charge in [0.05, 0.1) is 32.1 Å². The van der Waals surface area contributed by atoms with Crippen LogP contribution in [0.2, 0.25) is 0 Å². The van der Waals surface area contributed by atoms with Gasteiger partial charge in [-0.25, -0.2) is 4.98 Å². The summed E-state index contributed by atoms with van der Waals surface area (Å²) in [4.78, 5) is 28.1. The Labute approximate surface area is 238 Å². The molecule has 0 atom stereocenters. The van der Waals surface area contributed by atoms with E-state index in [9.17, 15) is 28.1 Å². The molecule has 0 bridgehead atoms. The Morgan fingerprint density at radius 1 is 1.00 bits per heavy atom. The van der Waals surface area contributed by atoms with Gasteiger partial charge in [-0.15, -0.1) is 0 Å². The highest BCUT2D eigenvalue weighted by atomic mass is 79.9. The van der Waals surface area contributed by atoms with Crippen molar-refractivity contribution >= 4 is 38.7 Å². The standard InChI is InChI=1S/C29H18BrF3N4O4/c30-24-14-19(10-13-26(24)41-17-18-8-11-22(12-9-18)37(39)40)16-34-36-27(20-4-3-5-21(15-20)29(31,32)33)35-25-7-2-1-6-23(25)28(36)38/h1-16H,17H2. The van der Waals surface area contributed by atoms with Crippen LogP contribution in [0, 0.1) is 10.1 Å². The molecule has 0 spiro atoms. The van der Waals surface area contributed by atoms with Crippen molar-refractivity contribution in [1.29, 1.82) is 0 Å². The molecule has 0 amide bonds. The number of para-hydroxylation sites is 1. The molecule has 8 nitrogen and oxygen atoms in total. The fourth-order valence-electron chi connectivity index (χ4n) is 3.97. The molecule has 0 unspecified atom stereocenters. The molecule has 0 N–H and O–H groups in total. The lowest BCUT2D eigenvalue weighted by Gasteiger charge is -2.12. The summed E-state index contributed by atoms with van der Waals surface area (Å²) < 4.78 is 47.5. The first-order valence-corrected chi connectivity index (χ1v) is 12.8. The number of non-ortho nitro benzene ring substituents is 1. The highest BCUT2D eigenvalue weighted by Crippen LogP contribution is 2.32. The van der Waals surface area contributed by atoms with E-state index in [0.717, 1.165) is 22.4 Å². The van der Waals surface area contributed by atoms with Crippen molar-refractivity contribution in [2.24, 2.45) is 5.10 Å². The number of rotatable bonds is 7. The topological polar surface area (TPSA) is 99.6 Å². The summed E-state index contributed by atoms with van der Waals surface area (Å²) in [5.41, 5.74) is 0.274. The number of hydrogen-bond acceptors (Lipinski definition) is 6. The average Bonchev–Trinajstić information content (AvgIpc) is 2.96. The Balaban J connectivity index is 1.45. The third kappa shape index (κ3) is 6.17. The third-order valence-corrected chi connectivity index (χ3v) is 6.64. The predicted molar refractivity (Wildman–Crippen MR) is 151 cm³/mol. The number of aromatic nitrogens is 2. The number of nitrogens with zero attached hydrogens (tertiary/aromatic N) is 4. The smallest absolute Gasteiger partial charge is 0.416 e. The first-order valence-electron chi connectivity index (χ1n) is 12.0. The largest absolute Gasteiger partial charge is 0.488 e. The van der Waals surface area contributed by atoms with E-state index < -0.39 is 22.2 Å². The molecule has 5 aromatic rings. The van der Waals surface area contributed by atoms with Gasteiger partial charge in [0.25, 0.3) is 11.2 Å². The minimum absolute atomic E-state index is 0.0181. The van der Waals surface area contributed by atoms with E-state index in [1.807, 2.05) is 0 Å². The van der Waals surface area contributed by atoms with Gasteiger partial charge in [0.2, 0.25) is 0 Å². The monoisotopic (exact) mass is 622 g/mol. The van der Waals surface area contributed by atoms with Crippen LogP contribution < -0.4 is 10.3 Å². The molecule has 0 saturated carbocycles. The molecule has 0 saturated heterocycles. The van der Waals surface area contributed by atoms with Gasteiger partial charge < -0.3 is 4.74 Å². The van der Waals surface area contributed by atoms with Crippen LogP contribution in [0.25, 0.3) is 22.3 Å². The number of nitro benzene ring substituents is 1. The number of nitro groups is 1. The summed E-state index contributed by atoms with van der Waals surface area (Å²) in [5, 5.41) is 15.4. The van der Waals surface area contributed by atoms with E-state index >= 15 is 0 Å². The van der Waals surface area contributed by atoms with Gasteiger partial charge >= 0.3 is 6.18 Å². The summed E-state index contributed by atoms with van der Waals surface area (Å²) >= 11 is 3.44. The van der Waals surface area contributed by atoms with Crippen molar-refractivity contribution in [2.45, 2.75) is 12.8 Å². The van der Waals surface area contributed by atoms with E-state index in [4.69, 9.17) is 4.74 Å². The Bertz CT molecular complexity index is 1850. The molecule has 12 heteroatoms. The van der Waals surface area contributed by atoms with E-state index in [1.54, 1.807) is 54.6 Å². The van der Waals surface area contributed by atoms with E-state index in [2.05, 4.69) is 26.0 Å². The van der Waals surface area contributed by atoms with Crippen LogP contribution in [0.4, 0.5) is 18.9 Å². The van der Waals surface area contributed by atoms with Crippen LogP contribution >= 0.6 is 15.9 Å². The number of alkyl halides is 3. The molecule has 1 aromatic heterocycles. The summed E-state index contributed by atoms with van der Waals surface area (Å²) in [6, 6.07) is 22.1. The number of benzene rings is 4. The van der Waals surface area contributed by atoms with Crippen molar-refractivity contribution in [3.05, 3.63) is 133 Å². The summed E-state index contributed by atoms with van der Waals surface area (Å²) in [6.45, 7) is 0.169. The van der Waals surface area contributed by atoms with Gasteiger partial charge in [-0.3, -0.25) is 14.9 Å². The van der Waals surface area contributed by atoms with Crippen LogP contribution in [-0.2, 0) is 12.8 Å². The molecule has 0 fully saturated rings. The number of hydrogen-bond donors (Lipinski definition) is 0. The maximum atomic E-state index is 13.4. The first-order chi connectivity index (χ1) is 19.6. The summed E-state index contributed by atoms with van der Waals surface area (Å²) in [5.74, 6) is 0.452. The SMILES string of the molecule is O=c1c2ccccc2nc(-c2cccc(C(F)(F)F)c2)n1N=Cc1ccc(OCc2ccc([N+](=O)[O-])cc2)c(Br)c1. The fraction of sp³-hybridized carbons (Fsp3) is 0.0690. The van der Waals surface area contributed by atoms with Gasteiger partial charge in [0.1, 0.15) is 12.4 Å². The molecule has 0 aliphatic carbocycles. The lowest BCUT2D eigenvalue weighted by molar-refractivity contribution is -0.384. The van der Waals surface area contributed by atoms with Crippen molar-refractivity contribution < 1.29 is 22.8 Å². The van der Waals surface area contributed by atoms with E-state index in [0.29, 0.717) is 21.3 Å². The zero-order valence-electron chi connectivity index (χ0n) is 20.9. The molecule has 1 heterocycles. The van der Waals surface area contributed by atoms with E-state index in [-0.39, 0.29) is 29.1 Å². The molecular weight excluding hydrogens is 605 g/mol. The van der Waals surface area contributed by atoms with Gasteiger partial charge in [-0.05, 0) is 81.7 Å². The van der Waals surface area contributed by atoms with Crippen molar-refractivity contribution in [3.63, 3.8) is 0 Å². The van der Waals surface area contributed by atoms with Crippen LogP contribution in [-0.4, -0.2) is 20.8 Å². The van der Waals surface area contributed by atoms with Gasteiger partial charge in [-0.2, -0.15) is 22.9 Å². The van der Waals surface area contributed by atoms with Crippen LogP contribution in [0.5, 0.6) is 5.75 Å². The quantitative estimate of drug-likeness (QED) is 0.108. The molecule has 5 rings (SSSR count). The molecule has 0 radical (unpaired) electrons. The first kappa shape index (κ1) is 27.7. The second kappa shape index (κ2) is 11.3.